The third kappa shape index (κ3) is 3.28. The number of benzene rings is 1. The summed E-state index contributed by atoms with van der Waals surface area (Å²) in [5.74, 6) is -0.625. The highest BCUT2D eigenvalue weighted by molar-refractivity contribution is 5.89. The maximum atomic E-state index is 13.1. The van der Waals surface area contributed by atoms with Crippen molar-refractivity contribution in [2.45, 2.75) is 46.3 Å². The Morgan fingerprint density at radius 3 is 2.63 bits per heavy atom. The van der Waals surface area contributed by atoms with Crippen molar-refractivity contribution in [3.8, 4) is 0 Å². The lowest BCUT2D eigenvalue weighted by Crippen LogP contribution is -2.39. The Hall–Kier alpha value is -3.42. The number of hydrogen-bond donors (Lipinski definition) is 1. The van der Waals surface area contributed by atoms with Gasteiger partial charge >= 0.3 is 5.97 Å². The Morgan fingerprint density at radius 1 is 1.23 bits per heavy atom. The van der Waals surface area contributed by atoms with E-state index in [9.17, 15) is 19.5 Å². The van der Waals surface area contributed by atoms with Crippen LogP contribution in [0.4, 0.5) is 0 Å². The summed E-state index contributed by atoms with van der Waals surface area (Å²) in [7, 11) is 0. The second-order valence-electron chi connectivity index (χ2n) is 7.92. The Kier molecular flexibility index (Phi) is 4.93. The highest BCUT2D eigenvalue weighted by Crippen LogP contribution is 2.24. The summed E-state index contributed by atoms with van der Waals surface area (Å²) >= 11 is 0. The van der Waals surface area contributed by atoms with E-state index in [1.807, 2.05) is 38.1 Å². The second-order valence-corrected chi connectivity index (χ2v) is 7.92. The van der Waals surface area contributed by atoms with Crippen LogP contribution >= 0.6 is 0 Å². The van der Waals surface area contributed by atoms with E-state index in [0.29, 0.717) is 36.5 Å². The minimum Gasteiger partial charge on any atom is -0.477 e. The van der Waals surface area contributed by atoms with Gasteiger partial charge in [0, 0.05) is 32.3 Å². The number of carboxylic acids is 1. The quantitative estimate of drug-likeness (QED) is 0.715. The molecule has 1 N–H and O–H groups in total. The van der Waals surface area contributed by atoms with Crippen LogP contribution in [0.1, 0.15) is 54.1 Å². The van der Waals surface area contributed by atoms with Gasteiger partial charge in [-0.2, -0.15) is 0 Å². The highest BCUT2D eigenvalue weighted by Gasteiger charge is 2.27. The maximum Gasteiger partial charge on any atom is 0.341 e. The van der Waals surface area contributed by atoms with Gasteiger partial charge in [0.25, 0.3) is 5.56 Å². The van der Waals surface area contributed by atoms with Crippen molar-refractivity contribution in [1.29, 1.82) is 0 Å². The van der Waals surface area contributed by atoms with Crippen LogP contribution in [0.2, 0.25) is 0 Å². The highest BCUT2D eigenvalue weighted by atomic mass is 16.4. The predicted octanol–water partition coefficient (Wildman–Crippen LogP) is 2.43. The van der Waals surface area contributed by atoms with Gasteiger partial charge in [-0.1, -0.05) is 12.1 Å². The molecule has 4 rings (SSSR count). The number of carbonyl (C=O) groups is 2. The molecule has 1 aromatic carbocycles. The molecule has 0 atom stereocenters. The number of fused-ring (bicyclic) bond motifs is 2. The minimum absolute atomic E-state index is 0.0723. The molecule has 1 aliphatic rings. The Bertz CT molecular complexity index is 1220. The van der Waals surface area contributed by atoms with Gasteiger partial charge in [0.05, 0.1) is 17.6 Å². The van der Waals surface area contributed by atoms with Crippen LogP contribution in [0, 0.1) is 0 Å². The number of para-hydroxylation sites is 2. The van der Waals surface area contributed by atoms with E-state index in [-0.39, 0.29) is 24.1 Å². The van der Waals surface area contributed by atoms with Crippen molar-refractivity contribution < 1.29 is 14.7 Å². The maximum absolute atomic E-state index is 13.1. The average molecular weight is 408 g/mol. The van der Waals surface area contributed by atoms with E-state index in [0.717, 1.165) is 11.0 Å². The van der Waals surface area contributed by atoms with Crippen LogP contribution in [0.5, 0.6) is 0 Å². The standard InChI is InChI=1S/C22H24N4O4/c1-13(2)26-18-7-5-4-6-17(18)23-19(26)12-25-11-15-10-24(14(3)27)9-8-16(15)20(21(25)28)22(29)30/h4-7,11,13H,8-10,12H2,1-3H3,(H,29,30). The molecule has 3 heterocycles. The number of carbonyl (C=O) groups excluding carboxylic acids is 1. The van der Waals surface area contributed by atoms with Gasteiger partial charge in [-0.3, -0.25) is 9.59 Å². The van der Waals surface area contributed by atoms with E-state index < -0.39 is 11.5 Å². The molecule has 0 saturated carbocycles. The molecule has 1 aliphatic heterocycles. The number of pyridine rings is 1. The number of imidazole rings is 1. The van der Waals surface area contributed by atoms with Gasteiger partial charge < -0.3 is 19.1 Å². The number of aromatic carboxylic acids is 1. The lowest BCUT2D eigenvalue weighted by molar-refractivity contribution is -0.129. The number of carboxylic acid groups (broad SMARTS) is 1. The molecular weight excluding hydrogens is 384 g/mol. The molecule has 0 fully saturated rings. The lowest BCUT2D eigenvalue weighted by atomic mass is 9.96. The zero-order valence-electron chi connectivity index (χ0n) is 17.3. The van der Waals surface area contributed by atoms with Crippen LogP contribution in [0.15, 0.2) is 35.3 Å². The first kappa shape index (κ1) is 19.9. The van der Waals surface area contributed by atoms with Crippen LogP contribution < -0.4 is 5.56 Å². The van der Waals surface area contributed by atoms with Crippen molar-refractivity contribution in [3.63, 3.8) is 0 Å². The SMILES string of the molecule is CC(=O)N1CCc2c(cn(Cc3nc4ccccc4n3C(C)C)c(=O)c2C(=O)O)C1. The molecule has 3 aromatic rings. The first-order valence-corrected chi connectivity index (χ1v) is 9.97. The fraction of sp³-hybridized carbons (Fsp3) is 0.364. The van der Waals surface area contributed by atoms with Crippen molar-refractivity contribution in [1.82, 2.24) is 19.0 Å². The number of rotatable bonds is 4. The first-order valence-electron chi connectivity index (χ1n) is 9.97. The summed E-state index contributed by atoms with van der Waals surface area (Å²) in [6.07, 6.45) is 2.04. The minimum atomic E-state index is -1.24. The monoisotopic (exact) mass is 408 g/mol. The van der Waals surface area contributed by atoms with Gasteiger partial charge in [-0.15, -0.1) is 0 Å². The molecule has 30 heavy (non-hydrogen) atoms. The topological polar surface area (TPSA) is 97.4 Å². The number of hydrogen-bond acceptors (Lipinski definition) is 4. The zero-order valence-corrected chi connectivity index (χ0v) is 17.3. The lowest BCUT2D eigenvalue weighted by Gasteiger charge is -2.29. The average Bonchev–Trinajstić information content (AvgIpc) is 3.05. The van der Waals surface area contributed by atoms with E-state index in [1.165, 1.54) is 11.5 Å². The smallest absolute Gasteiger partial charge is 0.341 e. The largest absolute Gasteiger partial charge is 0.477 e. The number of nitrogens with zero attached hydrogens (tertiary/aromatic N) is 4. The van der Waals surface area contributed by atoms with Gasteiger partial charge in [0.1, 0.15) is 11.4 Å². The van der Waals surface area contributed by atoms with Crippen molar-refractivity contribution >= 4 is 22.9 Å². The molecule has 1 amide bonds. The van der Waals surface area contributed by atoms with Crippen LogP contribution in [0.25, 0.3) is 11.0 Å². The Balaban J connectivity index is 1.86. The molecule has 0 radical (unpaired) electrons. The summed E-state index contributed by atoms with van der Waals surface area (Å²) < 4.78 is 3.47. The molecular formula is C22H24N4O4. The molecule has 0 spiro atoms. The molecule has 2 aromatic heterocycles. The predicted molar refractivity (Wildman–Crippen MR) is 112 cm³/mol. The van der Waals surface area contributed by atoms with Gasteiger partial charge in [0.2, 0.25) is 5.91 Å². The van der Waals surface area contributed by atoms with E-state index in [1.54, 1.807) is 11.1 Å². The molecule has 8 heteroatoms. The van der Waals surface area contributed by atoms with E-state index in [2.05, 4.69) is 4.57 Å². The molecule has 156 valence electrons. The van der Waals surface area contributed by atoms with E-state index >= 15 is 0 Å². The third-order valence-electron chi connectivity index (χ3n) is 5.62. The molecule has 0 saturated heterocycles. The van der Waals surface area contributed by atoms with Crippen molar-refractivity contribution in [2.24, 2.45) is 0 Å². The van der Waals surface area contributed by atoms with Gasteiger partial charge in [0.15, 0.2) is 0 Å². The van der Waals surface area contributed by atoms with Gasteiger partial charge in [-0.25, -0.2) is 9.78 Å². The van der Waals surface area contributed by atoms with E-state index in [4.69, 9.17) is 4.98 Å². The normalized spacial score (nSPS) is 13.7. The Morgan fingerprint density at radius 2 is 1.97 bits per heavy atom. The van der Waals surface area contributed by atoms with Crippen LogP contribution in [-0.2, 0) is 24.3 Å². The summed E-state index contributed by atoms with van der Waals surface area (Å²) in [6.45, 7) is 6.44. The third-order valence-corrected chi connectivity index (χ3v) is 5.62. The summed E-state index contributed by atoms with van der Waals surface area (Å²) in [6, 6.07) is 7.87. The summed E-state index contributed by atoms with van der Waals surface area (Å²) in [4.78, 5) is 43.1. The van der Waals surface area contributed by atoms with Gasteiger partial charge in [-0.05, 0) is 43.5 Å². The zero-order chi connectivity index (χ0) is 21.6. The fourth-order valence-corrected chi connectivity index (χ4v) is 4.25. The van der Waals surface area contributed by atoms with Crippen molar-refractivity contribution in [3.05, 3.63) is 63.3 Å². The molecule has 0 unspecified atom stereocenters. The fourth-order valence-electron chi connectivity index (χ4n) is 4.25. The Labute approximate surface area is 173 Å². The van der Waals surface area contributed by atoms with Crippen molar-refractivity contribution in [2.75, 3.05) is 6.54 Å². The molecule has 8 nitrogen and oxygen atoms in total. The molecule has 0 bridgehead atoms. The van der Waals surface area contributed by atoms with Crippen LogP contribution in [0.3, 0.4) is 0 Å². The summed E-state index contributed by atoms with van der Waals surface area (Å²) in [5.41, 5.74) is 2.27. The number of aromatic nitrogens is 3. The first-order chi connectivity index (χ1) is 14.3. The van der Waals surface area contributed by atoms with Crippen LogP contribution in [-0.4, -0.2) is 42.5 Å². The molecule has 0 aliphatic carbocycles. The second kappa shape index (κ2) is 7.44. The summed E-state index contributed by atoms with van der Waals surface area (Å²) in [5, 5.41) is 9.73. The number of amides is 1.